The number of hydrogen-bond acceptors (Lipinski definition) is 3. The molecule has 0 aliphatic rings. The maximum atomic E-state index is 13.4. The van der Waals surface area contributed by atoms with E-state index in [-0.39, 0.29) is 17.6 Å². The summed E-state index contributed by atoms with van der Waals surface area (Å²) in [6.07, 6.45) is 0. The van der Waals surface area contributed by atoms with Gasteiger partial charge < -0.3 is 15.4 Å². The average molecular weight is 226 g/mol. The third-order valence-corrected chi connectivity index (χ3v) is 2.27. The van der Waals surface area contributed by atoms with E-state index in [9.17, 15) is 4.39 Å². The topological polar surface area (TPSA) is 38.5 Å². The van der Waals surface area contributed by atoms with Crippen LogP contribution in [-0.4, -0.2) is 31.6 Å². The first-order valence-electron chi connectivity index (χ1n) is 5.29. The largest absolute Gasteiger partial charge is 0.494 e. The lowest BCUT2D eigenvalue weighted by Crippen LogP contribution is -2.32. The van der Waals surface area contributed by atoms with Crippen LogP contribution in [0.3, 0.4) is 0 Å². The van der Waals surface area contributed by atoms with Crippen molar-refractivity contribution < 1.29 is 9.13 Å². The van der Waals surface area contributed by atoms with E-state index in [1.54, 1.807) is 6.07 Å². The molecule has 0 saturated heterocycles. The van der Waals surface area contributed by atoms with Gasteiger partial charge in [0.05, 0.1) is 7.11 Å². The summed E-state index contributed by atoms with van der Waals surface area (Å²) in [4.78, 5) is 2.06. The van der Waals surface area contributed by atoms with Crippen molar-refractivity contribution in [3.8, 4) is 5.75 Å². The fourth-order valence-electron chi connectivity index (χ4n) is 1.68. The molecule has 1 unspecified atom stereocenters. The lowest BCUT2D eigenvalue weighted by atomic mass is 10.2. The molecule has 2 N–H and O–H groups in total. The summed E-state index contributed by atoms with van der Waals surface area (Å²) >= 11 is 0. The minimum absolute atomic E-state index is 0.119. The van der Waals surface area contributed by atoms with Crippen LogP contribution in [0.4, 0.5) is 4.39 Å². The second-order valence-electron chi connectivity index (χ2n) is 4.14. The van der Waals surface area contributed by atoms with Crippen LogP contribution in [0.5, 0.6) is 5.75 Å². The number of nitrogens with two attached hydrogens (primary N) is 1. The van der Waals surface area contributed by atoms with Gasteiger partial charge in [-0.3, -0.25) is 0 Å². The molecule has 1 rings (SSSR count). The van der Waals surface area contributed by atoms with Gasteiger partial charge in [-0.1, -0.05) is 6.07 Å². The van der Waals surface area contributed by atoms with Gasteiger partial charge in [0.15, 0.2) is 11.6 Å². The molecule has 3 nitrogen and oxygen atoms in total. The zero-order chi connectivity index (χ0) is 12.1. The standard InChI is InChI=1S/C12H19FN2O/c1-9(14)7-15(2)8-10-4-5-12(16-3)11(13)6-10/h4-6,9H,7-8,14H2,1-3H3. The van der Waals surface area contributed by atoms with Crippen molar-refractivity contribution >= 4 is 0 Å². The Kier molecular flexibility index (Phi) is 4.71. The Hall–Kier alpha value is -1.13. The van der Waals surface area contributed by atoms with Gasteiger partial charge in [0.2, 0.25) is 0 Å². The molecule has 0 spiro atoms. The molecule has 16 heavy (non-hydrogen) atoms. The molecule has 0 amide bonds. The molecule has 0 saturated carbocycles. The zero-order valence-electron chi connectivity index (χ0n) is 10.0. The van der Waals surface area contributed by atoms with Gasteiger partial charge in [0, 0.05) is 19.1 Å². The Morgan fingerprint density at radius 1 is 1.50 bits per heavy atom. The summed E-state index contributed by atoms with van der Waals surface area (Å²) in [5, 5.41) is 0. The molecule has 1 aromatic carbocycles. The molecule has 1 atom stereocenters. The van der Waals surface area contributed by atoms with Crippen LogP contribution in [0.15, 0.2) is 18.2 Å². The molecule has 90 valence electrons. The fourth-order valence-corrected chi connectivity index (χ4v) is 1.68. The minimum Gasteiger partial charge on any atom is -0.494 e. The second kappa shape index (κ2) is 5.82. The Morgan fingerprint density at radius 2 is 2.19 bits per heavy atom. The van der Waals surface area contributed by atoms with Gasteiger partial charge in [-0.25, -0.2) is 4.39 Å². The molecule has 4 heteroatoms. The Balaban J connectivity index is 2.64. The molecule has 0 aliphatic carbocycles. The summed E-state index contributed by atoms with van der Waals surface area (Å²) in [6.45, 7) is 3.42. The summed E-state index contributed by atoms with van der Waals surface area (Å²) in [7, 11) is 3.42. The van der Waals surface area contributed by atoms with Crippen LogP contribution < -0.4 is 10.5 Å². The second-order valence-corrected chi connectivity index (χ2v) is 4.14. The van der Waals surface area contributed by atoms with Crippen LogP contribution in [0.1, 0.15) is 12.5 Å². The van der Waals surface area contributed by atoms with Crippen LogP contribution in [0.2, 0.25) is 0 Å². The predicted molar refractivity (Wildman–Crippen MR) is 62.9 cm³/mol. The van der Waals surface area contributed by atoms with E-state index in [4.69, 9.17) is 10.5 Å². The normalized spacial score (nSPS) is 12.9. The highest BCUT2D eigenvalue weighted by Crippen LogP contribution is 2.18. The van der Waals surface area contributed by atoms with E-state index in [0.717, 1.165) is 12.1 Å². The van der Waals surface area contributed by atoms with Crippen molar-refractivity contribution in [2.45, 2.75) is 19.5 Å². The predicted octanol–water partition coefficient (Wildman–Crippen LogP) is 1.61. The van der Waals surface area contributed by atoms with Crippen molar-refractivity contribution in [2.24, 2.45) is 5.73 Å². The summed E-state index contributed by atoms with van der Waals surface area (Å²) in [5.74, 6) is -0.0483. The molecule has 0 bridgehead atoms. The van der Waals surface area contributed by atoms with Crippen LogP contribution >= 0.6 is 0 Å². The van der Waals surface area contributed by atoms with Crippen LogP contribution in [0, 0.1) is 5.82 Å². The first-order valence-corrected chi connectivity index (χ1v) is 5.29. The minimum atomic E-state index is -0.325. The highest BCUT2D eigenvalue weighted by atomic mass is 19.1. The molecular formula is C12H19FN2O. The van der Waals surface area contributed by atoms with E-state index in [0.29, 0.717) is 6.54 Å². The lowest BCUT2D eigenvalue weighted by molar-refractivity contribution is 0.309. The Bertz CT molecular complexity index is 342. The van der Waals surface area contributed by atoms with E-state index in [1.165, 1.54) is 13.2 Å². The summed E-state index contributed by atoms with van der Waals surface area (Å²) in [5.41, 5.74) is 6.60. The fraction of sp³-hybridized carbons (Fsp3) is 0.500. The molecule has 1 aromatic rings. The zero-order valence-corrected chi connectivity index (χ0v) is 10.0. The SMILES string of the molecule is COc1ccc(CN(C)CC(C)N)cc1F. The third kappa shape index (κ3) is 3.79. The van der Waals surface area contributed by atoms with Crippen molar-refractivity contribution in [2.75, 3.05) is 20.7 Å². The average Bonchev–Trinajstić information content (AvgIpc) is 2.16. The van der Waals surface area contributed by atoms with E-state index >= 15 is 0 Å². The molecule has 0 heterocycles. The third-order valence-electron chi connectivity index (χ3n) is 2.27. The maximum absolute atomic E-state index is 13.4. The van der Waals surface area contributed by atoms with Gasteiger partial charge in [-0.15, -0.1) is 0 Å². The van der Waals surface area contributed by atoms with Crippen molar-refractivity contribution in [1.82, 2.24) is 4.90 Å². The molecule has 0 radical (unpaired) electrons. The number of likely N-dealkylation sites (N-methyl/N-ethyl adjacent to an activating group) is 1. The van der Waals surface area contributed by atoms with E-state index in [2.05, 4.69) is 4.90 Å². The highest BCUT2D eigenvalue weighted by molar-refractivity contribution is 5.29. The molecule has 0 fully saturated rings. The van der Waals surface area contributed by atoms with Gasteiger partial charge in [0.1, 0.15) is 0 Å². The van der Waals surface area contributed by atoms with E-state index < -0.39 is 0 Å². The maximum Gasteiger partial charge on any atom is 0.165 e. The number of methoxy groups -OCH3 is 1. The number of halogens is 1. The van der Waals surface area contributed by atoms with Crippen LogP contribution in [0.25, 0.3) is 0 Å². The first-order chi connectivity index (χ1) is 7.52. The van der Waals surface area contributed by atoms with Crippen molar-refractivity contribution in [3.63, 3.8) is 0 Å². The summed E-state index contributed by atoms with van der Waals surface area (Å²) < 4.78 is 18.3. The smallest absolute Gasteiger partial charge is 0.165 e. The number of ether oxygens (including phenoxy) is 1. The van der Waals surface area contributed by atoms with E-state index in [1.807, 2.05) is 20.0 Å². The Morgan fingerprint density at radius 3 is 2.69 bits per heavy atom. The Labute approximate surface area is 96.0 Å². The highest BCUT2D eigenvalue weighted by Gasteiger charge is 2.06. The van der Waals surface area contributed by atoms with Gasteiger partial charge >= 0.3 is 0 Å². The monoisotopic (exact) mass is 226 g/mol. The van der Waals surface area contributed by atoms with Gasteiger partial charge in [-0.05, 0) is 31.7 Å². The number of rotatable bonds is 5. The molecular weight excluding hydrogens is 207 g/mol. The van der Waals surface area contributed by atoms with Crippen molar-refractivity contribution in [1.29, 1.82) is 0 Å². The number of nitrogens with zero attached hydrogens (tertiary/aromatic N) is 1. The van der Waals surface area contributed by atoms with Crippen LogP contribution in [-0.2, 0) is 6.54 Å². The summed E-state index contributed by atoms with van der Waals surface area (Å²) in [6, 6.07) is 5.12. The van der Waals surface area contributed by atoms with Crippen molar-refractivity contribution in [3.05, 3.63) is 29.6 Å². The molecule has 0 aromatic heterocycles. The lowest BCUT2D eigenvalue weighted by Gasteiger charge is -2.19. The molecule has 0 aliphatic heterocycles. The quantitative estimate of drug-likeness (QED) is 0.829. The first kappa shape index (κ1) is 12.9. The number of benzene rings is 1. The van der Waals surface area contributed by atoms with Gasteiger partial charge in [-0.2, -0.15) is 0 Å². The van der Waals surface area contributed by atoms with Gasteiger partial charge in [0.25, 0.3) is 0 Å². The number of hydrogen-bond donors (Lipinski definition) is 1.